The molecule has 0 unspecified atom stereocenters. The third-order valence-electron chi connectivity index (χ3n) is 15.2. The lowest BCUT2D eigenvalue weighted by atomic mass is 9.32. The van der Waals surface area contributed by atoms with E-state index < -0.39 is 0 Å². The van der Waals surface area contributed by atoms with Crippen molar-refractivity contribution in [2.24, 2.45) is 62.6 Å². The van der Waals surface area contributed by atoms with Crippen LogP contribution in [0.5, 0.6) is 0 Å². The zero-order valence-corrected chi connectivity index (χ0v) is 27.5. The van der Waals surface area contributed by atoms with E-state index in [9.17, 15) is 9.59 Å². The molecule has 0 heterocycles. The smallest absolute Gasteiger partial charge is 0.159 e. The average Bonchev–Trinajstić information content (AvgIpc) is 3.30. The summed E-state index contributed by atoms with van der Waals surface area (Å²) in [5.41, 5.74) is 4.53. The van der Waals surface area contributed by atoms with Crippen molar-refractivity contribution in [2.45, 2.75) is 120 Å². The van der Waals surface area contributed by atoms with Crippen LogP contribution < -0.4 is 0 Å². The van der Waals surface area contributed by atoms with Gasteiger partial charge in [-0.15, -0.1) is 0 Å². The summed E-state index contributed by atoms with van der Waals surface area (Å²) in [4.78, 5) is 25.3. The monoisotopic (exact) mass is 556 g/mol. The minimum absolute atomic E-state index is 0.0498. The third-order valence-corrected chi connectivity index (χ3v) is 15.2. The lowest BCUT2D eigenvalue weighted by molar-refractivity contribution is -0.226. The number of fused-ring (bicyclic) bond motifs is 7. The van der Waals surface area contributed by atoms with Crippen molar-refractivity contribution < 1.29 is 9.59 Å². The van der Waals surface area contributed by atoms with E-state index in [4.69, 9.17) is 0 Å². The van der Waals surface area contributed by atoms with Crippen molar-refractivity contribution in [2.75, 3.05) is 0 Å². The van der Waals surface area contributed by atoms with Crippen molar-refractivity contribution in [3.63, 3.8) is 0 Å². The Morgan fingerprint density at radius 1 is 0.780 bits per heavy atom. The molecule has 4 saturated carbocycles. The first-order valence-electron chi connectivity index (χ1n) is 17.0. The maximum atomic E-state index is 13.4. The number of hydrogen-bond donors (Lipinski definition) is 0. The number of carbonyl (C=O) groups excluding carboxylic acids is 2. The van der Waals surface area contributed by atoms with Crippen LogP contribution in [0.2, 0.25) is 0 Å². The number of allylic oxidation sites excluding steroid dienone is 2. The Bertz CT molecular complexity index is 1270. The van der Waals surface area contributed by atoms with E-state index in [1.54, 1.807) is 6.92 Å². The maximum absolute atomic E-state index is 13.4. The average molecular weight is 557 g/mol. The van der Waals surface area contributed by atoms with Gasteiger partial charge < -0.3 is 0 Å². The Hall–Kier alpha value is -1.70. The van der Waals surface area contributed by atoms with Gasteiger partial charge in [0.25, 0.3) is 0 Å². The normalized spacial score (nSPS) is 44.7. The van der Waals surface area contributed by atoms with Crippen molar-refractivity contribution in [1.29, 1.82) is 0 Å². The topological polar surface area (TPSA) is 34.1 Å². The van der Waals surface area contributed by atoms with Crippen LogP contribution in [-0.2, 0) is 4.79 Å². The van der Waals surface area contributed by atoms with Gasteiger partial charge in [0.15, 0.2) is 5.78 Å². The first kappa shape index (κ1) is 29.4. The number of hydrogen-bond acceptors (Lipinski definition) is 2. The Morgan fingerprint density at radius 3 is 2.07 bits per heavy atom. The lowest BCUT2D eigenvalue weighted by Crippen LogP contribution is -2.65. The Kier molecular flexibility index (Phi) is 6.73. The highest BCUT2D eigenvalue weighted by atomic mass is 16.1. The summed E-state index contributed by atoms with van der Waals surface area (Å²) in [5.74, 6) is 4.62. The van der Waals surface area contributed by atoms with Gasteiger partial charge in [0, 0.05) is 11.0 Å². The molecule has 2 nitrogen and oxygen atoms in total. The van der Waals surface area contributed by atoms with Crippen LogP contribution in [0.4, 0.5) is 0 Å². The van der Waals surface area contributed by atoms with Crippen LogP contribution in [0.3, 0.4) is 0 Å². The molecule has 4 fully saturated rings. The zero-order chi connectivity index (χ0) is 29.8. The molecule has 5 aliphatic carbocycles. The fourth-order valence-corrected chi connectivity index (χ4v) is 13.0. The third kappa shape index (κ3) is 3.80. The predicted molar refractivity (Wildman–Crippen MR) is 169 cm³/mol. The quantitative estimate of drug-likeness (QED) is 0.346. The van der Waals surface area contributed by atoms with Crippen molar-refractivity contribution in [1.82, 2.24) is 0 Å². The summed E-state index contributed by atoms with van der Waals surface area (Å²) < 4.78 is 0. The van der Waals surface area contributed by atoms with Gasteiger partial charge in [-0.3, -0.25) is 9.59 Å². The highest BCUT2D eigenvalue weighted by molar-refractivity contribution is 5.94. The highest BCUT2D eigenvalue weighted by Gasteiger charge is 2.71. The lowest BCUT2D eigenvalue weighted by Gasteiger charge is -2.72. The van der Waals surface area contributed by atoms with Crippen LogP contribution in [0.15, 0.2) is 30.3 Å². The summed E-state index contributed by atoms with van der Waals surface area (Å²) in [6.45, 7) is 21.5. The maximum Gasteiger partial charge on any atom is 0.159 e. The molecule has 0 spiro atoms. The summed E-state index contributed by atoms with van der Waals surface area (Å²) >= 11 is 0. The van der Waals surface area contributed by atoms with E-state index in [2.05, 4.69) is 66.7 Å². The largest absolute Gasteiger partial charge is 0.299 e. The molecule has 0 aliphatic heterocycles. The second kappa shape index (κ2) is 9.40. The van der Waals surface area contributed by atoms with Gasteiger partial charge in [-0.25, -0.2) is 0 Å². The minimum atomic E-state index is -0.0498. The Morgan fingerprint density at radius 2 is 1.46 bits per heavy atom. The molecule has 0 saturated heterocycles. The number of ketones is 2. The van der Waals surface area contributed by atoms with Crippen LogP contribution in [0.25, 0.3) is 5.57 Å². The van der Waals surface area contributed by atoms with E-state index in [0.717, 1.165) is 30.7 Å². The summed E-state index contributed by atoms with van der Waals surface area (Å²) in [6.07, 6.45) is 13.7. The fourth-order valence-electron chi connectivity index (χ4n) is 13.0. The molecule has 224 valence electrons. The molecule has 0 radical (unpaired) electrons. The van der Waals surface area contributed by atoms with E-state index in [1.807, 2.05) is 19.1 Å². The van der Waals surface area contributed by atoms with Crippen LogP contribution in [-0.4, -0.2) is 11.6 Å². The second-order valence-electron chi connectivity index (χ2n) is 17.0. The van der Waals surface area contributed by atoms with Gasteiger partial charge in [0.05, 0.1) is 0 Å². The van der Waals surface area contributed by atoms with Gasteiger partial charge in [-0.2, -0.15) is 0 Å². The van der Waals surface area contributed by atoms with Crippen LogP contribution in [0.1, 0.15) is 136 Å². The molecule has 2 heteroatoms. The first-order valence-corrected chi connectivity index (χ1v) is 17.0. The first-order chi connectivity index (χ1) is 19.1. The fraction of sp³-hybridized carbons (Fsp3) is 0.744. The van der Waals surface area contributed by atoms with Gasteiger partial charge >= 0.3 is 0 Å². The predicted octanol–water partition coefficient (Wildman–Crippen LogP) is 10.2. The van der Waals surface area contributed by atoms with Gasteiger partial charge in [0.1, 0.15) is 5.78 Å². The minimum Gasteiger partial charge on any atom is -0.299 e. The molecule has 9 atom stereocenters. The molecule has 6 rings (SSSR count). The van der Waals surface area contributed by atoms with E-state index >= 15 is 0 Å². The second-order valence-corrected chi connectivity index (χ2v) is 17.0. The van der Waals surface area contributed by atoms with Gasteiger partial charge in [-0.1, -0.05) is 78.8 Å². The number of carbonyl (C=O) groups is 2. The molecule has 0 amide bonds. The zero-order valence-electron chi connectivity index (χ0n) is 27.5. The van der Waals surface area contributed by atoms with E-state index in [0.29, 0.717) is 46.2 Å². The molecule has 1 aromatic carbocycles. The number of benzene rings is 1. The molecule has 0 bridgehead atoms. The SMILES string of the molecule is CC(=O)c1ccc(C2=CC[C@]3(C)[C@H]4CC[C@@H]5[C@H]6[C@H](C(C)C)CC[C@]6(C(C)=O)CC[C@@]5(C)[C@]4(C)CC[C@H]3C2(C)C)cc1. The van der Waals surface area contributed by atoms with Crippen LogP contribution >= 0.6 is 0 Å². The molecule has 41 heavy (non-hydrogen) atoms. The molecule has 5 aliphatic rings. The molecular weight excluding hydrogens is 500 g/mol. The van der Waals surface area contributed by atoms with E-state index in [-0.39, 0.29) is 22.0 Å². The van der Waals surface area contributed by atoms with E-state index in [1.165, 1.54) is 49.7 Å². The van der Waals surface area contributed by atoms with Gasteiger partial charge in [-0.05, 0) is 140 Å². The summed E-state index contributed by atoms with van der Waals surface area (Å²) in [5, 5.41) is 0. The Labute approximate surface area is 250 Å². The molecule has 1 aromatic rings. The summed E-state index contributed by atoms with van der Waals surface area (Å²) in [7, 11) is 0. The summed E-state index contributed by atoms with van der Waals surface area (Å²) in [6, 6.07) is 8.39. The standard InChI is InChI=1S/C39H56O2/c1-24(2)29-16-21-39(26(4)41)23-22-37(8)31(34(29)39)14-15-33-36(7)19-17-30(28-12-10-27(11-13-28)25(3)40)35(5,6)32(36)18-20-38(33,37)9/h10-13,17,24,29,31-34H,14-16,18-23H2,1-9H3/t29-,31+,32-,33+,34+,36-,37+,38+,39+/m0/s1. The number of Topliss-reactive ketones (excluding diaryl/α,β-unsaturated/α-hetero) is 2. The van der Waals surface area contributed by atoms with Crippen molar-refractivity contribution >= 4 is 17.1 Å². The van der Waals surface area contributed by atoms with Crippen molar-refractivity contribution in [3.8, 4) is 0 Å². The molecule has 0 N–H and O–H groups in total. The van der Waals surface area contributed by atoms with Gasteiger partial charge in [0.2, 0.25) is 0 Å². The van der Waals surface area contributed by atoms with Crippen molar-refractivity contribution in [3.05, 3.63) is 41.5 Å². The number of rotatable bonds is 4. The molecular formula is C39H56O2. The Balaban J connectivity index is 1.37. The van der Waals surface area contributed by atoms with Crippen LogP contribution in [0, 0.1) is 62.6 Å². The molecule has 0 aromatic heterocycles. The highest BCUT2D eigenvalue weighted by Crippen LogP contribution is 2.77.